The summed E-state index contributed by atoms with van der Waals surface area (Å²) in [5, 5.41) is 3.46. The summed E-state index contributed by atoms with van der Waals surface area (Å²) >= 11 is 0. The minimum absolute atomic E-state index is 0.335. The van der Waals surface area contributed by atoms with Crippen molar-refractivity contribution in [2.75, 3.05) is 33.3 Å². The van der Waals surface area contributed by atoms with Crippen LogP contribution in [0.25, 0.3) is 0 Å². The van der Waals surface area contributed by atoms with Crippen LogP contribution in [-0.2, 0) is 17.8 Å². The maximum atomic E-state index is 5.70. The van der Waals surface area contributed by atoms with E-state index in [1.54, 1.807) is 0 Å². The molecule has 1 fully saturated rings. The van der Waals surface area contributed by atoms with Crippen molar-refractivity contribution in [1.82, 2.24) is 14.8 Å². The fraction of sp³-hybridized carbons (Fsp3) is 0.692. The second kappa shape index (κ2) is 6.19. The van der Waals surface area contributed by atoms with Crippen molar-refractivity contribution in [3.8, 4) is 0 Å². The maximum Gasteiger partial charge on any atom is 0.0826 e. The van der Waals surface area contributed by atoms with Crippen molar-refractivity contribution in [1.29, 1.82) is 0 Å². The Morgan fingerprint density at radius 2 is 2.41 bits per heavy atom. The van der Waals surface area contributed by atoms with Crippen LogP contribution in [0.3, 0.4) is 0 Å². The fourth-order valence-corrected chi connectivity index (χ4v) is 2.16. The normalized spacial score (nSPS) is 21.9. The van der Waals surface area contributed by atoms with Crippen LogP contribution in [0, 0.1) is 0 Å². The lowest BCUT2D eigenvalue weighted by molar-refractivity contribution is -0.0182. The van der Waals surface area contributed by atoms with Crippen LogP contribution < -0.4 is 5.32 Å². The van der Waals surface area contributed by atoms with Gasteiger partial charge in [0.05, 0.1) is 12.7 Å². The molecule has 1 N–H and O–H groups in total. The van der Waals surface area contributed by atoms with Crippen molar-refractivity contribution >= 4 is 0 Å². The average molecular weight is 237 g/mol. The van der Waals surface area contributed by atoms with Gasteiger partial charge in [-0.15, -0.1) is 0 Å². The molecule has 0 amide bonds. The van der Waals surface area contributed by atoms with Gasteiger partial charge >= 0.3 is 0 Å². The molecule has 1 aromatic rings. The zero-order valence-electron chi connectivity index (χ0n) is 10.9. The van der Waals surface area contributed by atoms with Crippen molar-refractivity contribution in [3.63, 3.8) is 0 Å². The molecule has 1 aliphatic rings. The number of nitrogens with one attached hydrogen (secondary N) is 1. The number of hydrogen-bond acceptors (Lipinski definition) is 3. The molecule has 1 saturated heterocycles. The molecule has 2 heterocycles. The molecule has 0 bridgehead atoms. The Kier molecular flexibility index (Phi) is 4.59. The zero-order valence-corrected chi connectivity index (χ0v) is 10.9. The summed E-state index contributed by atoms with van der Waals surface area (Å²) < 4.78 is 7.90. The van der Waals surface area contributed by atoms with Gasteiger partial charge in [-0.25, -0.2) is 0 Å². The van der Waals surface area contributed by atoms with Crippen molar-refractivity contribution < 1.29 is 4.74 Å². The molecular weight excluding hydrogens is 214 g/mol. The summed E-state index contributed by atoms with van der Waals surface area (Å²) in [6.07, 6.45) is 4.66. The van der Waals surface area contributed by atoms with Crippen LogP contribution in [0.5, 0.6) is 0 Å². The first-order chi connectivity index (χ1) is 8.28. The number of aryl methyl sites for hydroxylation is 1. The van der Waals surface area contributed by atoms with E-state index in [1.807, 2.05) is 0 Å². The lowest BCUT2D eigenvalue weighted by Crippen LogP contribution is -2.44. The standard InChI is InChI=1S/C13H23N3O/c1-3-16-5-4-12(10-16)8-14-9-13-11-15(2)6-7-17-13/h4-5,10,13-14H,3,6-9,11H2,1-2H3/t13-/m1/s1. The molecule has 17 heavy (non-hydrogen) atoms. The number of hydrogen-bond donors (Lipinski definition) is 1. The Morgan fingerprint density at radius 3 is 3.12 bits per heavy atom. The van der Waals surface area contributed by atoms with Crippen molar-refractivity contribution in [3.05, 3.63) is 24.0 Å². The third kappa shape index (κ3) is 3.84. The molecule has 2 rings (SSSR count). The quantitative estimate of drug-likeness (QED) is 0.826. The molecule has 1 aromatic heterocycles. The Balaban J connectivity index is 1.68. The smallest absolute Gasteiger partial charge is 0.0826 e. The van der Waals surface area contributed by atoms with Crippen LogP contribution in [0.2, 0.25) is 0 Å². The SMILES string of the molecule is CCn1ccc(CNC[C@@H]2CN(C)CCO2)c1. The summed E-state index contributed by atoms with van der Waals surface area (Å²) in [7, 11) is 2.15. The highest BCUT2D eigenvalue weighted by molar-refractivity contribution is 5.09. The summed E-state index contributed by atoms with van der Waals surface area (Å²) in [4.78, 5) is 2.32. The number of aromatic nitrogens is 1. The highest BCUT2D eigenvalue weighted by Crippen LogP contribution is 2.03. The average Bonchev–Trinajstić information content (AvgIpc) is 2.77. The predicted molar refractivity (Wildman–Crippen MR) is 69.0 cm³/mol. The van der Waals surface area contributed by atoms with Crippen LogP contribution in [-0.4, -0.2) is 48.9 Å². The molecule has 0 aliphatic carbocycles. The van der Waals surface area contributed by atoms with Gasteiger partial charge in [0.15, 0.2) is 0 Å². The lowest BCUT2D eigenvalue weighted by Gasteiger charge is -2.30. The van der Waals surface area contributed by atoms with Crippen LogP contribution in [0.4, 0.5) is 0 Å². The largest absolute Gasteiger partial charge is 0.374 e. The van der Waals surface area contributed by atoms with Gasteiger partial charge in [-0.3, -0.25) is 0 Å². The first-order valence-electron chi connectivity index (χ1n) is 6.43. The number of likely N-dealkylation sites (N-methyl/N-ethyl adjacent to an activating group) is 1. The molecule has 0 spiro atoms. The first-order valence-corrected chi connectivity index (χ1v) is 6.43. The molecular formula is C13H23N3O. The topological polar surface area (TPSA) is 29.4 Å². The molecule has 0 radical (unpaired) electrons. The van der Waals surface area contributed by atoms with Crippen molar-refractivity contribution in [2.45, 2.75) is 26.1 Å². The van der Waals surface area contributed by atoms with E-state index in [0.717, 1.165) is 39.3 Å². The Hall–Kier alpha value is -0.840. The minimum atomic E-state index is 0.335. The van der Waals surface area contributed by atoms with E-state index in [0.29, 0.717) is 6.10 Å². The summed E-state index contributed by atoms with van der Waals surface area (Å²) in [5.41, 5.74) is 1.34. The third-order valence-electron chi connectivity index (χ3n) is 3.22. The van der Waals surface area contributed by atoms with Crippen LogP contribution >= 0.6 is 0 Å². The van der Waals surface area contributed by atoms with Gasteiger partial charge < -0.3 is 19.5 Å². The summed E-state index contributed by atoms with van der Waals surface area (Å²) in [6, 6.07) is 2.17. The van der Waals surface area contributed by atoms with Gasteiger partial charge in [0.1, 0.15) is 0 Å². The highest BCUT2D eigenvalue weighted by atomic mass is 16.5. The van der Waals surface area contributed by atoms with Gasteiger partial charge in [0.2, 0.25) is 0 Å². The Morgan fingerprint density at radius 1 is 1.53 bits per heavy atom. The van der Waals surface area contributed by atoms with E-state index in [4.69, 9.17) is 4.74 Å². The van der Waals surface area contributed by atoms with E-state index < -0.39 is 0 Å². The van der Waals surface area contributed by atoms with Crippen molar-refractivity contribution in [2.24, 2.45) is 0 Å². The van der Waals surface area contributed by atoms with E-state index in [9.17, 15) is 0 Å². The number of rotatable bonds is 5. The molecule has 0 aromatic carbocycles. The predicted octanol–water partition coefficient (Wildman–Crippen LogP) is 0.928. The highest BCUT2D eigenvalue weighted by Gasteiger charge is 2.16. The van der Waals surface area contributed by atoms with Gasteiger partial charge in [0, 0.05) is 45.1 Å². The second-order valence-electron chi connectivity index (χ2n) is 4.74. The van der Waals surface area contributed by atoms with E-state index in [2.05, 4.69) is 47.2 Å². The molecule has 1 aliphatic heterocycles. The van der Waals surface area contributed by atoms with E-state index in [-0.39, 0.29) is 0 Å². The lowest BCUT2D eigenvalue weighted by atomic mass is 10.2. The van der Waals surface area contributed by atoms with E-state index >= 15 is 0 Å². The van der Waals surface area contributed by atoms with Gasteiger partial charge in [-0.2, -0.15) is 0 Å². The number of morpholine rings is 1. The Labute approximate surface area is 104 Å². The van der Waals surface area contributed by atoms with Gasteiger partial charge in [-0.05, 0) is 25.6 Å². The van der Waals surface area contributed by atoms with Crippen LogP contribution in [0.1, 0.15) is 12.5 Å². The zero-order chi connectivity index (χ0) is 12.1. The Bertz CT molecular complexity index is 337. The summed E-state index contributed by atoms with van der Waals surface area (Å²) in [6.45, 7) is 7.99. The molecule has 0 unspecified atom stereocenters. The molecule has 4 heteroatoms. The first kappa shape index (κ1) is 12.6. The van der Waals surface area contributed by atoms with Gasteiger partial charge in [0.25, 0.3) is 0 Å². The fourth-order valence-electron chi connectivity index (χ4n) is 2.16. The molecule has 4 nitrogen and oxygen atoms in total. The minimum Gasteiger partial charge on any atom is -0.374 e. The third-order valence-corrected chi connectivity index (χ3v) is 3.22. The van der Waals surface area contributed by atoms with Gasteiger partial charge in [-0.1, -0.05) is 0 Å². The van der Waals surface area contributed by atoms with Crippen LogP contribution in [0.15, 0.2) is 18.5 Å². The van der Waals surface area contributed by atoms with E-state index in [1.165, 1.54) is 5.56 Å². The molecule has 0 saturated carbocycles. The monoisotopic (exact) mass is 237 g/mol. The molecule has 96 valence electrons. The summed E-state index contributed by atoms with van der Waals surface area (Å²) in [5.74, 6) is 0. The second-order valence-corrected chi connectivity index (χ2v) is 4.74. The molecule has 1 atom stereocenters. The maximum absolute atomic E-state index is 5.70. The number of ether oxygens (including phenoxy) is 1. The number of nitrogens with zero attached hydrogens (tertiary/aromatic N) is 2.